The monoisotopic (exact) mass is 333 g/mol. The molecule has 2 aromatic rings. The van der Waals surface area contributed by atoms with Crippen molar-refractivity contribution in [2.45, 2.75) is 6.92 Å². The second kappa shape index (κ2) is 5.16. The molecule has 0 spiro atoms. The summed E-state index contributed by atoms with van der Waals surface area (Å²) in [5, 5.41) is -0.0136. The summed E-state index contributed by atoms with van der Waals surface area (Å²) in [5.41, 5.74) is 0.945. The Labute approximate surface area is 116 Å². The van der Waals surface area contributed by atoms with E-state index in [0.717, 1.165) is 10.0 Å². The van der Waals surface area contributed by atoms with Crippen molar-refractivity contribution >= 4 is 39.1 Å². The maximum atomic E-state index is 5.65. The van der Waals surface area contributed by atoms with Gasteiger partial charge in [-0.2, -0.15) is 15.0 Å². The first kappa shape index (κ1) is 12.5. The minimum Gasteiger partial charge on any atom is -0.424 e. The topological polar surface area (TPSA) is 47.9 Å². The van der Waals surface area contributed by atoms with Crippen LogP contribution in [0.25, 0.3) is 0 Å². The lowest BCUT2D eigenvalue weighted by molar-refractivity contribution is 0.436. The summed E-state index contributed by atoms with van der Waals surface area (Å²) in [6, 6.07) is 5.69. The van der Waals surface area contributed by atoms with Gasteiger partial charge in [0.05, 0.1) is 0 Å². The number of nitrogens with zero attached hydrogens (tertiary/aromatic N) is 3. The Morgan fingerprint density at radius 3 is 2.41 bits per heavy atom. The number of benzene rings is 1. The summed E-state index contributed by atoms with van der Waals surface area (Å²) >= 11 is 14.7. The molecular formula is C10H6BrCl2N3O. The highest BCUT2D eigenvalue weighted by Gasteiger charge is 2.08. The maximum Gasteiger partial charge on any atom is 0.327 e. The smallest absolute Gasteiger partial charge is 0.327 e. The molecule has 17 heavy (non-hydrogen) atoms. The molecule has 0 radical (unpaired) electrons. The summed E-state index contributed by atoms with van der Waals surface area (Å²) in [4.78, 5) is 11.3. The van der Waals surface area contributed by atoms with Gasteiger partial charge in [-0.3, -0.25) is 0 Å². The highest BCUT2D eigenvalue weighted by atomic mass is 79.9. The lowest BCUT2D eigenvalue weighted by Gasteiger charge is -2.07. The summed E-state index contributed by atoms with van der Waals surface area (Å²) in [6.07, 6.45) is 0. The normalized spacial score (nSPS) is 10.4. The van der Waals surface area contributed by atoms with Crippen LogP contribution in [-0.4, -0.2) is 15.0 Å². The van der Waals surface area contributed by atoms with Crippen LogP contribution in [0.4, 0.5) is 0 Å². The molecule has 0 N–H and O–H groups in total. The second-order valence-electron chi connectivity index (χ2n) is 3.17. The van der Waals surface area contributed by atoms with Crippen molar-refractivity contribution in [3.05, 3.63) is 38.8 Å². The van der Waals surface area contributed by atoms with E-state index in [1.807, 2.05) is 19.1 Å². The summed E-state index contributed by atoms with van der Waals surface area (Å²) < 4.78 is 6.38. The zero-order valence-electron chi connectivity index (χ0n) is 8.62. The molecule has 1 heterocycles. The molecule has 7 heteroatoms. The largest absolute Gasteiger partial charge is 0.424 e. The van der Waals surface area contributed by atoms with E-state index in [1.165, 1.54) is 0 Å². The lowest BCUT2D eigenvalue weighted by Crippen LogP contribution is -1.96. The molecule has 0 saturated carbocycles. The van der Waals surface area contributed by atoms with E-state index >= 15 is 0 Å². The first-order valence-electron chi connectivity index (χ1n) is 4.55. The molecule has 0 atom stereocenters. The van der Waals surface area contributed by atoms with E-state index in [4.69, 9.17) is 27.9 Å². The van der Waals surface area contributed by atoms with Crippen molar-refractivity contribution in [2.24, 2.45) is 0 Å². The number of rotatable bonds is 2. The van der Waals surface area contributed by atoms with E-state index in [9.17, 15) is 0 Å². The number of aromatic nitrogens is 3. The van der Waals surface area contributed by atoms with Gasteiger partial charge in [-0.1, -0.05) is 22.0 Å². The van der Waals surface area contributed by atoms with E-state index in [-0.39, 0.29) is 16.6 Å². The summed E-state index contributed by atoms with van der Waals surface area (Å²) in [7, 11) is 0. The van der Waals surface area contributed by atoms with Crippen molar-refractivity contribution in [1.29, 1.82) is 0 Å². The van der Waals surface area contributed by atoms with Crippen molar-refractivity contribution in [1.82, 2.24) is 15.0 Å². The van der Waals surface area contributed by atoms with Crippen LogP contribution in [0.3, 0.4) is 0 Å². The molecule has 0 aliphatic heterocycles. The molecule has 2 rings (SSSR count). The van der Waals surface area contributed by atoms with Crippen LogP contribution in [-0.2, 0) is 0 Å². The molecule has 0 fully saturated rings. The molecule has 0 amide bonds. The van der Waals surface area contributed by atoms with Gasteiger partial charge in [-0.25, -0.2) is 0 Å². The van der Waals surface area contributed by atoms with E-state index in [0.29, 0.717) is 5.75 Å². The van der Waals surface area contributed by atoms with Crippen molar-refractivity contribution < 1.29 is 4.74 Å². The predicted octanol–water partition coefficient (Wildman–Crippen LogP) is 4.04. The van der Waals surface area contributed by atoms with Crippen LogP contribution >= 0.6 is 39.1 Å². The van der Waals surface area contributed by atoms with Crippen LogP contribution in [0.15, 0.2) is 22.7 Å². The highest BCUT2D eigenvalue weighted by molar-refractivity contribution is 9.10. The molecule has 0 bridgehead atoms. The highest BCUT2D eigenvalue weighted by Crippen LogP contribution is 2.27. The van der Waals surface area contributed by atoms with Gasteiger partial charge in [-0.15, -0.1) is 0 Å². The Kier molecular flexibility index (Phi) is 3.81. The SMILES string of the molecule is Cc1ccc(Br)cc1Oc1nc(Cl)nc(Cl)n1. The van der Waals surface area contributed by atoms with E-state index in [2.05, 4.69) is 30.9 Å². The van der Waals surface area contributed by atoms with Crippen molar-refractivity contribution in [2.75, 3.05) is 0 Å². The van der Waals surface area contributed by atoms with Gasteiger partial charge in [0.25, 0.3) is 0 Å². The van der Waals surface area contributed by atoms with Gasteiger partial charge in [0.15, 0.2) is 0 Å². The van der Waals surface area contributed by atoms with Crippen LogP contribution in [0.5, 0.6) is 11.8 Å². The molecular weight excluding hydrogens is 329 g/mol. The second-order valence-corrected chi connectivity index (χ2v) is 4.76. The molecule has 0 aliphatic rings. The Bertz CT molecular complexity index is 545. The quantitative estimate of drug-likeness (QED) is 0.831. The minimum absolute atomic E-state index is 0.00681. The van der Waals surface area contributed by atoms with E-state index in [1.54, 1.807) is 6.07 Å². The van der Waals surface area contributed by atoms with Gasteiger partial charge >= 0.3 is 6.01 Å². The summed E-state index contributed by atoms with van der Waals surface area (Å²) in [6.45, 7) is 1.91. The predicted molar refractivity (Wildman–Crippen MR) is 68.8 cm³/mol. The van der Waals surface area contributed by atoms with Crippen LogP contribution < -0.4 is 4.74 Å². The number of aryl methyl sites for hydroxylation is 1. The number of ether oxygens (including phenoxy) is 1. The van der Waals surface area contributed by atoms with Crippen LogP contribution in [0.1, 0.15) is 5.56 Å². The molecule has 1 aromatic carbocycles. The van der Waals surface area contributed by atoms with Crippen molar-refractivity contribution in [3.63, 3.8) is 0 Å². The molecule has 0 unspecified atom stereocenters. The van der Waals surface area contributed by atoms with Gasteiger partial charge in [-0.05, 0) is 47.8 Å². The van der Waals surface area contributed by atoms with Crippen LogP contribution in [0, 0.1) is 6.92 Å². The fourth-order valence-electron chi connectivity index (χ4n) is 1.14. The maximum absolute atomic E-state index is 5.65. The Morgan fingerprint density at radius 2 is 1.76 bits per heavy atom. The first-order chi connectivity index (χ1) is 8.04. The Hall–Kier alpha value is -0.910. The van der Waals surface area contributed by atoms with Gasteiger partial charge in [0.1, 0.15) is 5.75 Å². The standard InChI is InChI=1S/C10H6BrCl2N3O/c1-5-2-3-6(11)4-7(5)17-10-15-8(12)14-9(13)16-10/h2-4H,1H3. The molecule has 88 valence electrons. The first-order valence-corrected chi connectivity index (χ1v) is 6.10. The van der Waals surface area contributed by atoms with Crippen LogP contribution in [0.2, 0.25) is 10.6 Å². The fraction of sp³-hybridized carbons (Fsp3) is 0.100. The lowest BCUT2D eigenvalue weighted by atomic mass is 10.2. The number of hydrogen-bond acceptors (Lipinski definition) is 4. The minimum atomic E-state index is -0.00681. The van der Waals surface area contributed by atoms with Gasteiger partial charge in [0.2, 0.25) is 10.6 Å². The van der Waals surface area contributed by atoms with E-state index < -0.39 is 0 Å². The molecule has 1 aromatic heterocycles. The Balaban J connectivity index is 2.34. The average molecular weight is 335 g/mol. The number of hydrogen-bond donors (Lipinski definition) is 0. The van der Waals surface area contributed by atoms with Gasteiger partial charge < -0.3 is 4.74 Å². The van der Waals surface area contributed by atoms with Gasteiger partial charge in [0, 0.05) is 4.47 Å². The third-order valence-corrected chi connectivity index (χ3v) is 2.74. The summed E-state index contributed by atoms with van der Waals surface area (Å²) in [5.74, 6) is 0.623. The number of halogens is 3. The third kappa shape index (κ3) is 3.28. The fourth-order valence-corrected chi connectivity index (χ4v) is 1.82. The third-order valence-electron chi connectivity index (χ3n) is 1.91. The molecule has 0 aliphatic carbocycles. The molecule has 4 nitrogen and oxygen atoms in total. The average Bonchev–Trinajstić information content (AvgIpc) is 2.22. The zero-order valence-corrected chi connectivity index (χ0v) is 11.7. The van der Waals surface area contributed by atoms with Crippen molar-refractivity contribution in [3.8, 4) is 11.8 Å². The molecule has 0 saturated heterocycles. The Morgan fingerprint density at radius 1 is 1.12 bits per heavy atom. The zero-order chi connectivity index (χ0) is 12.4.